The first-order valence-electron chi connectivity index (χ1n) is 10.7. The molecule has 1 aromatic carbocycles. The van der Waals surface area contributed by atoms with Crippen molar-refractivity contribution in [3.8, 4) is 28.2 Å². The molecule has 13 heteroatoms. The van der Waals surface area contributed by atoms with E-state index in [9.17, 15) is 9.18 Å². The van der Waals surface area contributed by atoms with Gasteiger partial charge >= 0.3 is 0 Å². The highest BCUT2D eigenvalue weighted by molar-refractivity contribution is 6.31. The minimum atomic E-state index is -0.539. The molecule has 37 heavy (non-hydrogen) atoms. The van der Waals surface area contributed by atoms with Gasteiger partial charge in [0.05, 0.1) is 29.6 Å². The average molecular weight is 518 g/mol. The molecule has 11 nitrogen and oxygen atoms in total. The predicted octanol–water partition coefficient (Wildman–Crippen LogP) is 4.01. The fourth-order valence-electron chi connectivity index (χ4n) is 3.41. The van der Waals surface area contributed by atoms with Crippen LogP contribution >= 0.6 is 11.6 Å². The number of halogens is 2. The standard InChI is InChI=1S/C24H17ClFN9O2/c1-37-34-23(36)15-6-14(8-28-9-15)18-11-29-24(32-17-2-3-20(26)19(25)7-17)33-22(18)35-12-16(10-31-35)21-4-5-27-13-30-21/h2-13H,1H3,(H,34,36)(H,29,32,33). The molecule has 5 aromatic rings. The van der Waals surface area contributed by atoms with E-state index in [2.05, 4.69) is 40.8 Å². The molecule has 0 aliphatic rings. The van der Waals surface area contributed by atoms with Crippen molar-refractivity contribution in [3.05, 3.63) is 90.2 Å². The van der Waals surface area contributed by atoms with Crippen molar-refractivity contribution < 1.29 is 14.0 Å². The smallest absolute Gasteiger partial charge is 0.276 e. The van der Waals surface area contributed by atoms with Gasteiger partial charge in [-0.3, -0.25) is 14.6 Å². The van der Waals surface area contributed by atoms with Gasteiger partial charge in [0.2, 0.25) is 5.95 Å². The van der Waals surface area contributed by atoms with Gasteiger partial charge in [-0.25, -0.2) is 29.5 Å². The van der Waals surface area contributed by atoms with Crippen LogP contribution < -0.4 is 10.8 Å². The zero-order chi connectivity index (χ0) is 25.8. The van der Waals surface area contributed by atoms with Crippen LogP contribution in [0.5, 0.6) is 0 Å². The van der Waals surface area contributed by atoms with Crippen LogP contribution in [0.25, 0.3) is 28.2 Å². The first kappa shape index (κ1) is 23.9. The number of carbonyl (C=O) groups is 1. The number of rotatable bonds is 7. The minimum absolute atomic E-state index is 0.0411. The molecular formula is C24H17ClFN9O2. The molecule has 0 aliphatic carbocycles. The molecule has 0 atom stereocenters. The topological polar surface area (TPSA) is 133 Å². The summed E-state index contributed by atoms with van der Waals surface area (Å²) in [5.41, 5.74) is 5.55. The Kier molecular flexibility index (Phi) is 6.74. The second-order valence-corrected chi connectivity index (χ2v) is 7.96. The van der Waals surface area contributed by atoms with E-state index < -0.39 is 11.7 Å². The fraction of sp³-hybridized carbons (Fsp3) is 0.0417. The molecule has 0 saturated carbocycles. The van der Waals surface area contributed by atoms with Gasteiger partial charge in [0.15, 0.2) is 5.82 Å². The van der Waals surface area contributed by atoms with Gasteiger partial charge in [0, 0.05) is 53.4 Å². The van der Waals surface area contributed by atoms with E-state index in [0.717, 1.165) is 5.56 Å². The lowest BCUT2D eigenvalue weighted by Crippen LogP contribution is -2.21. The summed E-state index contributed by atoms with van der Waals surface area (Å²) in [4.78, 5) is 38.4. The second kappa shape index (κ2) is 10.4. The molecule has 0 bridgehead atoms. The fourth-order valence-corrected chi connectivity index (χ4v) is 3.59. The van der Waals surface area contributed by atoms with E-state index in [-0.39, 0.29) is 16.5 Å². The Hall–Kier alpha value is -4.81. The molecule has 4 heterocycles. The summed E-state index contributed by atoms with van der Waals surface area (Å²) < 4.78 is 15.1. The highest BCUT2D eigenvalue weighted by Crippen LogP contribution is 2.28. The van der Waals surface area contributed by atoms with Gasteiger partial charge in [-0.2, -0.15) is 10.1 Å². The largest absolute Gasteiger partial charge is 0.324 e. The number of hydrogen-bond donors (Lipinski definition) is 2. The Morgan fingerprint density at radius 3 is 2.73 bits per heavy atom. The van der Waals surface area contributed by atoms with Crippen LogP contribution in [-0.2, 0) is 4.84 Å². The Bertz CT molecular complexity index is 1580. The summed E-state index contributed by atoms with van der Waals surface area (Å²) in [5.74, 6) is -0.405. The Balaban J connectivity index is 1.59. The summed E-state index contributed by atoms with van der Waals surface area (Å²) in [6.07, 6.45) is 11.0. The number of benzene rings is 1. The summed E-state index contributed by atoms with van der Waals surface area (Å²) in [6.45, 7) is 0. The van der Waals surface area contributed by atoms with Crippen molar-refractivity contribution in [2.75, 3.05) is 12.4 Å². The number of amides is 1. The van der Waals surface area contributed by atoms with Crippen molar-refractivity contribution >= 4 is 29.1 Å². The Labute approximate surface area is 214 Å². The number of hydroxylamine groups is 1. The van der Waals surface area contributed by atoms with Gasteiger partial charge in [-0.1, -0.05) is 11.6 Å². The maximum absolute atomic E-state index is 13.6. The molecule has 4 aromatic heterocycles. The third-order valence-electron chi connectivity index (χ3n) is 5.13. The predicted molar refractivity (Wildman–Crippen MR) is 133 cm³/mol. The van der Waals surface area contributed by atoms with Crippen LogP contribution in [-0.4, -0.2) is 47.7 Å². The molecule has 0 unspecified atom stereocenters. The third kappa shape index (κ3) is 5.24. The molecule has 184 valence electrons. The molecule has 0 spiro atoms. The lowest BCUT2D eigenvalue weighted by atomic mass is 10.1. The monoisotopic (exact) mass is 517 g/mol. The molecule has 0 saturated heterocycles. The van der Waals surface area contributed by atoms with E-state index in [1.165, 1.54) is 37.8 Å². The van der Waals surface area contributed by atoms with E-state index in [1.54, 1.807) is 47.8 Å². The van der Waals surface area contributed by atoms with Gasteiger partial charge in [-0.15, -0.1) is 0 Å². The Morgan fingerprint density at radius 1 is 1.05 bits per heavy atom. The van der Waals surface area contributed by atoms with Gasteiger partial charge < -0.3 is 5.32 Å². The van der Waals surface area contributed by atoms with Crippen molar-refractivity contribution in [1.29, 1.82) is 0 Å². The number of anilines is 2. The van der Waals surface area contributed by atoms with E-state index in [1.807, 2.05) is 0 Å². The summed E-state index contributed by atoms with van der Waals surface area (Å²) >= 11 is 5.91. The van der Waals surface area contributed by atoms with E-state index in [0.29, 0.717) is 28.3 Å². The van der Waals surface area contributed by atoms with Gasteiger partial charge in [0.25, 0.3) is 5.91 Å². The molecule has 0 fully saturated rings. The first-order valence-corrected chi connectivity index (χ1v) is 11.1. The molecule has 0 aliphatic heterocycles. The first-order chi connectivity index (χ1) is 18.0. The highest BCUT2D eigenvalue weighted by atomic mass is 35.5. The summed E-state index contributed by atoms with van der Waals surface area (Å²) in [6, 6.07) is 7.57. The molecule has 1 amide bonds. The van der Waals surface area contributed by atoms with Crippen LogP contribution in [0.15, 0.2) is 73.8 Å². The normalized spacial score (nSPS) is 10.8. The average Bonchev–Trinajstić information content (AvgIpc) is 3.42. The Morgan fingerprint density at radius 2 is 1.95 bits per heavy atom. The SMILES string of the molecule is CONC(=O)c1cncc(-c2cnc(Nc3ccc(F)c(Cl)c3)nc2-n2cc(-c3ccncn3)cn2)c1. The third-order valence-corrected chi connectivity index (χ3v) is 5.42. The van der Waals surface area contributed by atoms with Crippen LogP contribution in [0, 0.1) is 5.82 Å². The maximum Gasteiger partial charge on any atom is 0.276 e. The van der Waals surface area contributed by atoms with Crippen LogP contribution in [0.1, 0.15) is 10.4 Å². The number of nitrogens with zero attached hydrogens (tertiary/aromatic N) is 7. The number of carbonyl (C=O) groups excluding carboxylic acids is 1. The van der Waals surface area contributed by atoms with Crippen molar-refractivity contribution in [1.82, 2.24) is 40.2 Å². The van der Waals surface area contributed by atoms with E-state index in [4.69, 9.17) is 16.4 Å². The molecule has 2 N–H and O–H groups in total. The maximum atomic E-state index is 13.6. The lowest BCUT2D eigenvalue weighted by molar-refractivity contribution is 0.0537. The van der Waals surface area contributed by atoms with Crippen molar-refractivity contribution in [2.45, 2.75) is 0 Å². The quantitative estimate of drug-likeness (QED) is 0.307. The minimum Gasteiger partial charge on any atom is -0.324 e. The van der Waals surface area contributed by atoms with E-state index >= 15 is 0 Å². The van der Waals surface area contributed by atoms with Crippen molar-refractivity contribution in [3.63, 3.8) is 0 Å². The zero-order valence-corrected chi connectivity index (χ0v) is 19.9. The summed E-state index contributed by atoms with van der Waals surface area (Å²) in [7, 11) is 1.34. The number of hydrogen-bond acceptors (Lipinski definition) is 9. The zero-order valence-electron chi connectivity index (χ0n) is 19.1. The van der Waals surface area contributed by atoms with Crippen molar-refractivity contribution in [2.24, 2.45) is 0 Å². The molecule has 5 rings (SSSR count). The molecular weight excluding hydrogens is 501 g/mol. The lowest BCUT2D eigenvalue weighted by Gasteiger charge is -2.12. The van der Waals surface area contributed by atoms with Crippen LogP contribution in [0.3, 0.4) is 0 Å². The highest BCUT2D eigenvalue weighted by Gasteiger charge is 2.16. The second-order valence-electron chi connectivity index (χ2n) is 7.55. The molecule has 0 radical (unpaired) electrons. The van der Waals surface area contributed by atoms with Crippen LogP contribution in [0.4, 0.5) is 16.0 Å². The number of pyridine rings is 1. The van der Waals surface area contributed by atoms with Crippen LogP contribution in [0.2, 0.25) is 5.02 Å². The van der Waals surface area contributed by atoms with Gasteiger partial charge in [-0.05, 0) is 30.3 Å². The number of aromatic nitrogens is 7. The number of nitrogens with one attached hydrogen (secondary N) is 2. The summed E-state index contributed by atoms with van der Waals surface area (Å²) in [5, 5.41) is 7.43. The van der Waals surface area contributed by atoms with Gasteiger partial charge in [0.1, 0.15) is 12.1 Å².